The van der Waals surface area contributed by atoms with Gasteiger partial charge in [-0.05, 0) is 36.1 Å². The number of rotatable bonds is 7. The molecule has 2 atom stereocenters. The van der Waals surface area contributed by atoms with Crippen molar-refractivity contribution in [2.45, 2.75) is 18.9 Å². The summed E-state index contributed by atoms with van der Waals surface area (Å²) >= 11 is 6.01. The lowest BCUT2D eigenvalue weighted by molar-refractivity contribution is -0.134. The molecule has 5 nitrogen and oxygen atoms in total. The molecular weight excluding hydrogens is 364 g/mol. The third-order valence-corrected chi connectivity index (χ3v) is 5.17. The predicted octanol–water partition coefficient (Wildman–Crippen LogP) is 4.26. The summed E-state index contributed by atoms with van der Waals surface area (Å²) in [6.07, 6.45) is 0.884. The first-order chi connectivity index (χ1) is 13.2. The molecule has 0 aliphatic heterocycles. The number of amides is 1. The average molecular weight is 385 g/mol. The number of benzene rings is 2. The van der Waals surface area contributed by atoms with Gasteiger partial charge in [0.2, 0.25) is 11.8 Å². The molecule has 3 aromatic rings. The van der Waals surface area contributed by atoms with Gasteiger partial charge in [0.15, 0.2) is 5.58 Å². The fraction of sp³-hybridized carbons (Fsp3) is 0.333. The van der Waals surface area contributed by atoms with E-state index in [1.54, 1.807) is 30.2 Å². The fourth-order valence-corrected chi connectivity index (χ4v) is 3.59. The Hall–Kier alpha value is -2.37. The van der Waals surface area contributed by atoms with Crippen LogP contribution < -0.4 is 0 Å². The highest BCUT2D eigenvalue weighted by atomic mass is 35.5. The van der Waals surface area contributed by atoms with Crippen LogP contribution in [0.4, 0.5) is 0 Å². The van der Waals surface area contributed by atoms with Crippen LogP contribution in [-0.4, -0.2) is 36.1 Å². The maximum absolute atomic E-state index is 13.0. The van der Waals surface area contributed by atoms with Crippen molar-refractivity contribution in [1.29, 1.82) is 0 Å². The van der Waals surface area contributed by atoms with Gasteiger partial charge < -0.3 is 14.1 Å². The first kappa shape index (κ1) is 18.0. The number of hydrogen-bond donors (Lipinski definition) is 0. The molecule has 1 aliphatic carbocycles. The number of ether oxygens (including phenoxy) is 1. The molecule has 27 heavy (non-hydrogen) atoms. The monoisotopic (exact) mass is 384 g/mol. The van der Waals surface area contributed by atoms with Crippen LogP contribution >= 0.6 is 11.6 Å². The number of carbonyl (C=O) groups excluding carboxylic acids is 1. The van der Waals surface area contributed by atoms with Crippen LogP contribution in [0.5, 0.6) is 0 Å². The van der Waals surface area contributed by atoms with E-state index in [9.17, 15) is 4.79 Å². The second-order valence-electron chi connectivity index (χ2n) is 6.83. The Morgan fingerprint density at radius 3 is 2.89 bits per heavy atom. The van der Waals surface area contributed by atoms with Crippen LogP contribution in [0.2, 0.25) is 5.02 Å². The van der Waals surface area contributed by atoms with Crippen molar-refractivity contribution in [3.05, 3.63) is 65.0 Å². The molecule has 0 radical (unpaired) electrons. The molecule has 1 aromatic heterocycles. The van der Waals surface area contributed by atoms with Gasteiger partial charge in [0.1, 0.15) is 5.52 Å². The summed E-state index contributed by atoms with van der Waals surface area (Å²) in [5.41, 5.74) is 2.59. The van der Waals surface area contributed by atoms with E-state index in [-0.39, 0.29) is 11.8 Å². The molecule has 6 heteroatoms. The number of aromatic nitrogens is 1. The quantitative estimate of drug-likeness (QED) is 0.610. The topological polar surface area (TPSA) is 55.6 Å². The summed E-state index contributed by atoms with van der Waals surface area (Å²) in [5.74, 6) is 0.948. The molecular formula is C21H21ClN2O3. The van der Waals surface area contributed by atoms with Gasteiger partial charge in [-0.3, -0.25) is 4.79 Å². The minimum absolute atomic E-state index is 0.0167. The normalized spacial score (nSPS) is 18.6. The molecule has 1 heterocycles. The third kappa shape index (κ3) is 3.99. The molecule has 0 bridgehead atoms. The van der Waals surface area contributed by atoms with Crippen molar-refractivity contribution in [3.63, 3.8) is 0 Å². The van der Waals surface area contributed by atoms with Crippen molar-refractivity contribution in [2.24, 2.45) is 5.92 Å². The summed E-state index contributed by atoms with van der Waals surface area (Å²) in [7, 11) is 1.63. The molecule has 1 amide bonds. The summed E-state index contributed by atoms with van der Waals surface area (Å²) < 4.78 is 11.0. The van der Waals surface area contributed by atoms with Gasteiger partial charge >= 0.3 is 0 Å². The molecule has 0 N–H and O–H groups in total. The number of nitrogens with zero attached hydrogens (tertiary/aromatic N) is 2. The number of carbonyl (C=O) groups is 1. The van der Waals surface area contributed by atoms with E-state index in [2.05, 4.69) is 17.1 Å². The lowest BCUT2D eigenvalue weighted by Gasteiger charge is -2.21. The summed E-state index contributed by atoms with van der Waals surface area (Å²) in [6, 6.07) is 15.5. The van der Waals surface area contributed by atoms with Crippen molar-refractivity contribution in [1.82, 2.24) is 9.88 Å². The average Bonchev–Trinajstić information content (AvgIpc) is 3.39. The minimum atomic E-state index is 0.0167. The van der Waals surface area contributed by atoms with Crippen molar-refractivity contribution in [3.8, 4) is 0 Å². The number of halogens is 1. The highest BCUT2D eigenvalue weighted by Gasteiger charge is 2.45. The van der Waals surface area contributed by atoms with Crippen molar-refractivity contribution in [2.75, 3.05) is 20.3 Å². The Bertz CT molecular complexity index is 941. The second-order valence-corrected chi connectivity index (χ2v) is 7.27. The Kier molecular flexibility index (Phi) is 5.14. The van der Waals surface area contributed by atoms with Crippen LogP contribution in [0.3, 0.4) is 0 Å². The molecule has 1 unspecified atom stereocenters. The number of oxazole rings is 1. The van der Waals surface area contributed by atoms with E-state index >= 15 is 0 Å². The molecule has 2 aromatic carbocycles. The van der Waals surface area contributed by atoms with Crippen LogP contribution in [0.25, 0.3) is 11.1 Å². The van der Waals surface area contributed by atoms with Gasteiger partial charge in [-0.2, -0.15) is 0 Å². The van der Waals surface area contributed by atoms with E-state index in [4.69, 9.17) is 20.8 Å². The lowest BCUT2D eigenvalue weighted by atomic mass is 10.1. The smallest absolute Gasteiger partial charge is 0.226 e. The van der Waals surface area contributed by atoms with Crippen LogP contribution in [0.1, 0.15) is 23.8 Å². The number of hydrogen-bond acceptors (Lipinski definition) is 4. The van der Waals surface area contributed by atoms with Gasteiger partial charge in [-0.15, -0.1) is 0 Å². The molecule has 0 saturated heterocycles. The van der Waals surface area contributed by atoms with E-state index < -0.39 is 0 Å². The standard InChI is InChI=1S/C21H21ClN2O3/c1-26-10-9-24(13-20-23-18-11-15(22)7-8-19(18)27-20)21(25)17-12-16(17)14-5-3-2-4-6-14/h2-8,11,16-17H,9-10,12-13H2,1H3/t16-,17?/m1/s1. The first-order valence-electron chi connectivity index (χ1n) is 9.03. The molecule has 140 valence electrons. The zero-order valence-electron chi connectivity index (χ0n) is 15.1. The molecule has 4 rings (SSSR count). The highest BCUT2D eigenvalue weighted by molar-refractivity contribution is 6.31. The van der Waals surface area contributed by atoms with Gasteiger partial charge in [0.05, 0.1) is 13.2 Å². The highest BCUT2D eigenvalue weighted by Crippen LogP contribution is 2.48. The Morgan fingerprint density at radius 2 is 2.11 bits per heavy atom. The predicted molar refractivity (Wildman–Crippen MR) is 104 cm³/mol. The lowest BCUT2D eigenvalue weighted by Crippen LogP contribution is -2.35. The van der Waals surface area contributed by atoms with E-state index in [1.165, 1.54) is 5.56 Å². The van der Waals surface area contributed by atoms with Crippen molar-refractivity contribution >= 4 is 28.6 Å². The minimum Gasteiger partial charge on any atom is -0.439 e. The zero-order valence-corrected chi connectivity index (χ0v) is 15.9. The number of fused-ring (bicyclic) bond motifs is 1. The molecule has 1 aliphatic rings. The van der Waals surface area contributed by atoms with Crippen LogP contribution in [-0.2, 0) is 16.1 Å². The third-order valence-electron chi connectivity index (χ3n) is 4.93. The Morgan fingerprint density at radius 1 is 1.30 bits per heavy atom. The van der Waals surface area contributed by atoms with E-state index in [0.717, 1.165) is 6.42 Å². The first-order valence-corrected chi connectivity index (χ1v) is 9.41. The second kappa shape index (κ2) is 7.71. The Labute approximate surface area is 162 Å². The summed E-state index contributed by atoms with van der Waals surface area (Å²) in [6.45, 7) is 1.31. The largest absolute Gasteiger partial charge is 0.439 e. The maximum Gasteiger partial charge on any atom is 0.226 e. The molecule has 1 saturated carbocycles. The van der Waals surface area contributed by atoms with E-state index in [1.807, 2.05) is 18.2 Å². The molecule has 1 fully saturated rings. The van der Waals surface area contributed by atoms with Gasteiger partial charge in [0.25, 0.3) is 0 Å². The van der Waals surface area contributed by atoms with Crippen molar-refractivity contribution < 1.29 is 13.9 Å². The maximum atomic E-state index is 13.0. The van der Waals surface area contributed by atoms with Gasteiger partial charge in [-0.1, -0.05) is 41.9 Å². The van der Waals surface area contributed by atoms with Crippen LogP contribution in [0, 0.1) is 5.92 Å². The summed E-state index contributed by atoms with van der Waals surface area (Å²) in [4.78, 5) is 19.3. The molecule has 0 spiro atoms. The van der Waals surface area contributed by atoms with E-state index in [0.29, 0.717) is 47.6 Å². The van der Waals surface area contributed by atoms with Crippen LogP contribution in [0.15, 0.2) is 52.9 Å². The van der Waals surface area contributed by atoms with Gasteiger partial charge in [-0.25, -0.2) is 4.98 Å². The van der Waals surface area contributed by atoms with Gasteiger partial charge in [0, 0.05) is 24.6 Å². The number of methoxy groups -OCH3 is 1. The zero-order chi connectivity index (χ0) is 18.8. The Balaban J connectivity index is 1.49. The summed E-state index contributed by atoms with van der Waals surface area (Å²) in [5, 5.41) is 0.610. The SMILES string of the molecule is COCCN(Cc1nc2cc(Cl)ccc2o1)C(=O)C1C[C@@H]1c1ccccc1. The fourth-order valence-electron chi connectivity index (χ4n) is 3.42.